The van der Waals surface area contributed by atoms with Crippen LogP contribution in [0, 0.1) is 22.9 Å². The van der Waals surface area contributed by atoms with Crippen LogP contribution in [0.25, 0.3) is 0 Å². The van der Waals surface area contributed by atoms with E-state index in [0.717, 1.165) is 12.1 Å². The summed E-state index contributed by atoms with van der Waals surface area (Å²) in [5.41, 5.74) is -0.651. The van der Waals surface area contributed by atoms with Crippen molar-refractivity contribution in [2.45, 2.75) is 6.92 Å². The maximum Gasteiger partial charge on any atom is 0.286 e. The summed E-state index contributed by atoms with van der Waals surface area (Å²) < 4.78 is 13.1. The molecule has 0 aromatic heterocycles. The summed E-state index contributed by atoms with van der Waals surface area (Å²) in [6.07, 6.45) is 0. The summed E-state index contributed by atoms with van der Waals surface area (Å²) in [5, 5.41) is 10.7. The van der Waals surface area contributed by atoms with E-state index in [4.69, 9.17) is 0 Å². The summed E-state index contributed by atoms with van der Waals surface area (Å²) in [7, 11) is 0. The number of nitro benzene ring substituents is 1. The van der Waals surface area contributed by atoms with Crippen molar-refractivity contribution in [2.24, 2.45) is 0 Å². The van der Waals surface area contributed by atoms with Gasteiger partial charge in [-0.2, -0.15) is 0 Å². The zero-order valence-corrected chi connectivity index (χ0v) is 9.38. The highest BCUT2D eigenvalue weighted by Gasteiger charge is 2.24. The molecule has 80 valence electrons. The molecule has 0 unspecified atom stereocenters. The van der Waals surface area contributed by atoms with E-state index in [1.807, 2.05) is 0 Å². The number of carbonyl (C=O) groups excluding carboxylic acids is 1. The van der Waals surface area contributed by atoms with Crippen molar-refractivity contribution in [1.82, 2.24) is 0 Å². The number of rotatable bonds is 3. The number of nitro groups is 1. The summed E-state index contributed by atoms with van der Waals surface area (Å²) in [6.45, 7) is 1.28. The van der Waals surface area contributed by atoms with Gasteiger partial charge >= 0.3 is 0 Å². The monoisotopic (exact) mass is 275 g/mol. The molecule has 0 fully saturated rings. The standard InChI is InChI=1S/C9H7BrFNO3/c1-5-7(11)3-2-6(8(13)4-10)9(5)12(14)15/h2-3H,4H2,1H3. The Morgan fingerprint density at radius 1 is 1.60 bits per heavy atom. The maximum absolute atomic E-state index is 13.1. The lowest BCUT2D eigenvalue weighted by Crippen LogP contribution is -2.07. The Bertz CT molecular complexity index is 434. The van der Waals surface area contributed by atoms with E-state index in [-0.39, 0.29) is 16.5 Å². The Balaban J connectivity index is 3.46. The Kier molecular flexibility index (Phi) is 3.52. The molecular weight excluding hydrogens is 269 g/mol. The van der Waals surface area contributed by atoms with Gasteiger partial charge in [-0.25, -0.2) is 4.39 Å². The van der Waals surface area contributed by atoms with Crippen LogP contribution in [0.5, 0.6) is 0 Å². The number of hydrogen-bond acceptors (Lipinski definition) is 3. The molecule has 1 aromatic rings. The molecule has 0 N–H and O–H groups in total. The maximum atomic E-state index is 13.1. The minimum atomic E-state index is -0.742. The first-order valence-corrected chi connectivity index (χ1v) is 5.13. The van der Waals surface area contributed by atoms with E-state index < -0.39 is 22.2 Å². The quantitative estimate of drug-likeness (QED) is 0.369. The van der Waals surface area contributed by atoms with Crippen LogP contribution >= 0.6 is 15.9 Å². The number of hydrogen-bond donors (Lipinski definition) is 0. The molecule has 0 spiro atoms. The Labute approximate surface area is 93.4 Å². The first-order valence-electron chi connectivity index (χ1n) is 4.01. The van der Waals surface area contributed by atoms with Crippen LogP contribution in [-0.2, 0) is 0 Å². The van der Waals surface area contributed by atoms with Crippen molar-refractivity contribution in [2.75, 3.05) is 5.33 Å². The number of nitrogens with zero attached hydrogens (tertiary/aromatic N) is 1. The lowest BCUT2D eigenvalue weighted by atomic mass is 10.1. The highest BCUT2D eigenvalue weighted by Crippen LogP contribution is 2.26. The average Bonchev–Trinajstić information content (AvgIpc) is 2.20. The van der Waals surface area contributed by atoms with E-state index in [2.05, 4.69) is 15.9 Å². The number of alkyl halides is 1. The van der Waals surface area contributed by atoms with Gasteiger partial charge in [0.05, 0.1) is 21.4 Å². The fourth-order valence-electron chi connectivity index (χ4n) is 1.21. The molecular formula is C9H7BrFNO3. The van der Waals surface area contributed by atoms with Gasteiger partial charge in [0.1, 0.15) is 5.82 Å². The van der Waals surface area contributed by atoms with Crippen LogP contribution in [0.15, 0.2) is 12.1 Å². The number of ketones is 1. The highest BCUT2D eigenvalue weighted by atomic mass is 79.9. The second kappa shape index (κ2) is 4.48. The molecule has 0 heterocycles. The van der Waals surface area contributed by atoms with Crippen molar-refractivity contribution in [3.63, 3.8) is 0 Å². The van der Waals surface area contributed by atoms with Crippen molar-refractivity contribution >= 4 is 27.4 Å². The molecule has 4 nitrogen and oxygen atoms in total. The second-order valence-electron chi connectivity index (χ2n) is 2.88. The number of Topliss-reactive ketones (excluding diaryl/α,β-unsaturated/α-hetero) is 1. The minimum Gasteiger partial charge on any atom is -0.293 e. The lowest BCUT2D eigenvalue weighted by molar-refractivity contribution is -0.385. The van der Waals surface area contributed by atoms with Crippen LogP contribution in [0.2, 0.25) is 0 Å². The molecule has 15 heavy (non-hydrogen) atoms. The SMILES string of the molecule is Cc1c(F)ccc(C(=O)CBr)c1[N+](=O)[O-]. The largest absolute Gasteiger partial charge is 0.293 e. The molecule has 0 aliphatic heterocycles. The van der Waals surface area contributed by atoms with Crippen LogP contribution < -0.4 is 0 Å². The predicted molar refractivity (Wildman–Crippen MR) is 55.9 cm³/mol. The number of benzene rings is 1. The van der Waals surface area contributed by atoms with E-state index in [0.29, 0.717) is 0 Å². The van der Waals surface area contributed by atoms with Crippen molar-refractivity contribution < 1.29 is 14.1 Å². The fourth-order valence-corrected chi connectivity index (χ4v) is 1.51. The average molecular weight is 276 g/mol. The third-order valence-corrected chi connectivity index (χ3v) is 2.48. The van der Waals surface area contributed by atoms with Gasteiger partial charge in [0, 0.05) is 0 Å². The molecule has 1 aromatic carbocycles. The van der Waals surface area contributed by atoms with Gasteiger partial charge in [0.25, 0.3) is 5.69 Å². The van der Waals surface area contributed by atoms with Crippen LogP contribution in [-0.4, -0.2) is 16.0 Å². The smallest absolute Gasteiger partial charge is 0.286 e. The molecule has 0 aliphatic rings. The molecule has 1 rings (SSSR count). The Morgan fingerprint density at radius 3 is 2.67 bits per heavy atom. The minimum absolute atomic E-state index is 0.0289. The van der Waals surface area contributed by atoms with Gasteiger partial charge in [0.15, 0.2) is 5.78 Å². The molecule has 0 aliphatic carbocycles. The van der Waals surface area contributed by atoms with E-state index in [1.165, 1.54) is 6.92 Å². The van der Waals surface area contributed by atoms with Gasteiger partial charge in [0.2, 0.25) is 0 Å². The third kappa shape index (κ3) is 2.20. The van der Waals surface area contributed by atoms with Gasteiger partial charge in [-0.05, 0) is 19.1 Å². The number of halogens is 2. The van der Waals surface area contributed by atoms with Crippen molar-refractivity contribution in [1.29, 1.82) is 0 Å². The zero-order valence-electron chi connectivity index (χ0n) is 7.79. The van der Waals surface area contributed by atoms with Gasteiger partial charge in [-0.3, -0.25) is 14.9 Å². The summed E-state index contributed by atoms with van der Waals surface area (Å²) in [5.74, 6) is -1.13. The molecule has 0 saturated heterocycles. The number of carbonyl (C=O) groups is 1. The van der Waals surface area contributed by atoms with Crippen LogP contribution in [0.4, 0.5) is 10.1 Å². The van der Waals surface area contributed by atoms with E-state index in [9.17, 15) is 19.3 Å². The molecule has 6 heteroatoms. The molecule has 0 amide bonds. The molecule has 0 saturated carbocycles. The van der Waals surface area contributed by atoms with Crippen LogP contribution in [0.3, 0.4) is 0 Å². The summed E-state index contributed by atoms with van der Waals surface area (Å²) >= 11 is 2.91. The van der Waals surface area contributed by atoms with Gasteiger partial charge < -0.3 is 0 Å². The summed E-state index contributed by atoms with van der Waals surface area (Å²) in [4.78, 5) is 21.3. The van der Waals surface area contributed by atoms with E-state index >= 15 is 0 Å². The Morgan fingerprint density at radius 2 is 2.20 bits per heavy atom. The predicted octanol–water partition coefficient (Wildman–Crippen LogP) is 2.62. The first kappa shape index (κ1) is 11.8. The first-order chi connectivity index (χ1) is 6.99. The molecule has 0 atom stereocenters. The second-order valence-corrected chi connectivity index (χ2v) is 3.44. The summed E-state index contributed by atoms with van der Waals surface area (Å²) in [6, 6.07) is 2.18. The third-order valence-electron chi connectivity index (χ3n) is 1.97. The van der Waals surface area contributed by atoms with Gasteiger partial charge in [-0.15, -0.1) is 0 Å². The van der Waals surface area contributed by atoms with E-state index in [1.54, 1.807) is 0 Å². The Hall–Kier alpha value is -1.30. The van der Waals surface area contributed by atoms with Crippen molar-refractivity contribution in [3.05, 3.63) is 39.2 Å². The highest BCUT2D eigenvalue weighted by molar-refractivity contribution is 9.09. The topological polar surface area (TPSA) is 60.2 Å². The molecule has 0 radical (unpaired) electrons. The zero-order chi connectivity index (χ0) is 11.6. The normalized spacial score (nSPS) is 10.1. The lowest BCUT2D eigenvalue weighted by Gasteiger charge is -2.03. The van der Waals surface area contributed by atoms with Gasteiger partial charge in [-0.1, -0.05) is 15.9 Å². The molecule has 0 bridgehead atoms. The van der Waals surface area contributed by atoms with Crippen molar-refractivity contribution in [3.8, 4) is 0 Å². The van der Waals surface area contributed by atoms with Crippen LogP contribution in [0.1, 0.15) is 15.9 Å². The fraction of sp³-hybridized carbons (Fsp3) is 0.222.